The quantitative estimate of drug-likeness (QED) is 0.222. The number of benzene rings is 4. The zero-order valence-electron chi connectivity index (χ0n) is 20.4. The van der Waals surface area contributed by atoms with Crippen LogP contribution in [0.4, 0.5) is 5.69 Å². The summed E-state index contributed by atoms with van der Waals surface area (Å²) in [5.74, 6) is -0.401. The van der Waals surface area contributed by atoms with Gasteiger partial charge >= 0.3 is 0 Å². The first-order valence-electron chi connectivity index (χ1n) is 12.1. The van der Waals surface area contributed by atoms with E-state index in [1.165, 1.54) is 5.52 Å². The molecule has 2 N–H and O–H groups in total. The maximum absolute atomic E-state index is 12.7. The summed E-state index contributed by atoms with van der Waals surface area (Å²) < 4.78 is 2.27. The summed E-state index contributed by atoms with van der Waals surface area (Å²) >= 11 is 0. The lowest BCUT2D eigenvalue weighted by Gasteiger charge is -2.08. The van der Waals surface area contributed by atoms with Crippen LogP contribution < -0.4 is 10.7 Å². The Bertz CT molecular complexity index is 1630. The Hall–Kier alpha value is -4.45. The number of anilines is 1. The van der Waals surface area contributed by atoms with Gasteiger partial charge in [0.1, 0.15) is 0 Å². The van der Waals surface area contributed by atoms with Crippen molar-refractivity contribution in [1.82, 2.24) is 9.99 Å². The summed E-state index contributed by atoms with van der Waals surface area (Å²) in [5.41, 5.74) is 7.11. The number of carbonyl (C=O) groups excluding carboxylic acids is 2. The van der Waals surface area contributed by atoms with E-state index in [4.69, 9.17) is 0 Å². The molecule has 0 aliphatic carbocycles. The number of nitrogens with zero attached hydrogens (tertiary/aromatic N) is 2. The van der Waals surface area contributed by atoms with Crippen molar-refractivity contribution < 1.29 is 9.59 Å². The van der Waals surface area contributed by atoms with Crippen molar-refractivity contribution >= 4 is 55.8 Å². The predicted molar refractivity (Wildman–Crippen MR) is 147 cm³/mol. The molecule has 0 radical (unpaired) electrons. The van der Waals surface area contributed by atoms with Crippen molar-refractivity contribution in [2.45, 2.75) is 33.2 Å². The molecule has 5 aromatic rings. The summed E-state index contributed by atoms with van der Waals surface area (Å²) in [6.07, 6.45) is 0.305. The van der Waals surface area contributed by atoms with E-state index in [2.05, 4.69) is 39.5 Å². The zero-order valence-corrected chi connectivity index (χ0v) is 20.4. The van der Waals surface area contributed by atoms with Crippen molar-refractivity contribution in [2.75, 3.05) is 5.32 Å². The Morgan fingerprint density at radius 1 is 0.806 bits per heavy atom. The molecule has 0 bridgehead atoms. The van der Waals surface area contributed by atoms with Gasteiger partial charge in [-0.1, -0.05) is 60.7 Å². The Kier molecular flexibility index (Phi) is 6.50. The third-order valence-electron chi connectivity index (χ3n) is 6.39. The first kappa shape index (κ1) is 23.3. The molecule has 6 nitrogen and oxygen atoms in total. The SMILES string of the molecule is CCn1c2ccccc2c2cc(NC(=O)C/C(C)=N\NC(=O)Cc3cccc4ccccc34)ccc21. The van der Waals surface area contributed by atoms with E-state index in [0.717, 1.165) is 44.9 Å². The first-order chi connectivity index (χ1) is 17.5. The maximum Gasteiger partial charge on any atom is 0.244 e. The third kappa shape index (κ3) is 4.70. The minimum atomic E-state index is -0.219. The number of amides is 2. The van der Waals surface area contributed by atoms with Crippen LogP contribution in [0, 0.1) is 0 Å². The number of aromatic nitrogens is 1. The molecule has 0 aliphatic rings. The highest BCUT2D eigenvalue weighted by Gasteiger charge is 2.12. The molecule has 180 valence electrons. The van der Waals surface area contributed by atoms with Gasteiger partial charge in [-0.3, -0.25) is 9.59 Å². The van der Waals surface area contributed by atoms with Crippen molar-refractivity contribution in [3.05, 3.63) is 90.5 Å². The van der Waals surface area contributed by atoms with Gasteiger partial charge in [-0.05, 0) is 54.4 Å². The summed E-state index contributed by atoms with van der Waals surface area (Å²) in [7, 11) is 0. The van der Waals surface area contributed by atoms with Crippen molar-refractivity contribution in [3.63, 3.8) is 0 Å². The molecule has 5 rings (SSSR count). The van der Waals surface area contributed by atoms with Crippen LogP contribution in [0.2, 0.25) is 0 Å². The molecular weight excluding hydrogens is 448 g/mol. The number of carbonyl (C=O) groups is 2. The molecule has 4 aromatic carbocycles. The molecule has 0 aliphatic heterocycles. The van der Waals surface area contributed by atoms with Gasteiger partial charge in [0, 0.05) is 39.7 Å². The number of aryl methyl sites for hydroxylation is 1. The first-order valence-corrected chi connectivity index (χ1v) is 12.1. The molecule has 6 heteroatoms. The summed E-state index contributed by atoms with van der Waals surface area (Å²) in [4.78, 5) is 25.1. The van der Waals surface area contributed by atoms with Crippen LogP contribution in [0.3, 0.4) is 0 Å². The second-order valence-corrected chi connectivity index (χ2v) is 8.92. The van der Waals surface area contributed by atoms with Crippen LogP contribution in [-0.4, -0.2) is 22.1 Å². The fourth-order valence-corrected chi connectivity index (χ4v) is 4.77. The number of para-hydroxylation sites is 1. The average Bonchev–Trinajstić information content (AvgIpc) is 3.20. The molecule has 2 amide bonds. The molecule has 0 spiro atoms. The van der Waals surface area contributed by atoms with Gasteiger partial charge in [0.15, 0.2) is 0 Å². The summed E-state index contributed by atoms with van der Waals surface area (Å²) in [6.45, 7) is 4.73. The normalized spacial score (nSPS) is 11.8. The smallest absolute Gasteiger partial charge is 0.244 e. The number of nitrogens with one attached hydrogen (secondary N) is 2. The molecule has 0 saturated heterocycles. The molecule has 0 atom stereocenters. The number of fused-ring (bicyclic) bond motifs is 4. The molecule has 0 fully saturated rings. The lowest BCUT2D eigenvalue weighted by molar-refractivity contribution is -0.120. The van der Waals surface area contributed by atoms with Crippen molar-refractivity contribution in [3.8, 4) is 0 Å². The highest BCUT2D eigenvalue weighted by molar-refractivity contribution is 6.11. The Morgan fingerprint density at radius 2 is 1.53 bits per heavy atom. The minimum absolute atomic E-state index is 0.0866. The van der Waals surface area contributed by atoms with Gasteiger partial charge in [0.2, 0.25) is 11.8 Å². The monoisotopic (exact) mass is 476 g/mol. The highest BCUT2D eigenvalue weighted by atomic mass is 16.2. The largest absolute Gasteiger partial charge is 0.341 e. The molecule has 0 saturated carbocycles. The Labute approximate surface area is 209 Å². The van der Waals surface area contributed by atoms with E-state index in [1.807, 2.05) is 72.8 Å². The molecule has 1 heterocycles. The van der Waals surface area contributed by atoms with E-state index >= 15 is 0 Å². The summed E-state index contributed by atoms with van der Waals surface area (Å²) in [6, 6.07) is 28.2. The van der Waals surface area contributed by atoms with Gasteiger partial charge in [0.25, 0.3) is 0 Å². The second-order valence-electron chi connectivity index (χ2n) is 8.92. The van der Waals surface area contributed by atoms with E-state index in [0.29, 0.717) is 5.71 Å². The van der Waals surface area contributed by atoms with E-state index in [9.17, 15) is 9.59 Å². The van der Waals surface area contributed by atoms with Crippen LogP contribution >= 0.6 is 0 Å². The lowest BCUT2D eigenvalue weighted by Crippen LogP contribution is -2.23. The van der Waals surface area contributed by atoms with Crippen LogP contribution in [0.25, 0.3) is 32.6 Å². The van der Waals surface area contributed by atoms with Crippen LogP contribution in [0.5, 0.6) is 0 Å². The number of hydrazone groups is 1. The highest BCUT2D eigenvalue weighted by Crippen LogP contribution is 2.31. The van der Waals surface area contributed by atoms with E-state index < -0.39 is 0 Å². The zero-order chi connectivity index (χ0) is 25.1. The van der Waals surface area contributed by atoms with Gasteiger partial charge in [0.05, 0.1) is 12.8 Å². The average molecular weight is 477 g/mol. The molecule has 1 aromatic heterocycles. The third-order valence-corrected chi connectivity index (χ3v) is 6.39. The number of hydrogen-bond donors (Lipinski definition) is 2. The van der Waals surface area contributed by atoms with Gasteiger partial charge in [-0.2, -0.15) is 5.10 Å². The standard InChI is InChI=1S/C30H28N4O2/c1-3-34-27-14-7-6-13-25(27)26-19-23(15-16-28(26)34)31-29(35)17-20(2)32-33-30(36)18-22-11-8-10-21-9-4-5-12-24(21)22/h4-16,19H,3,17-18H2,1-2H3,(H,31,35)(H,33,36)/b32-20-. The van der Waals surface area contributed by atoms with Gasteiger partial charge in [-0.25, -0.2) is 5.43 Å². The fraction of sp³-hybridized carbons (Fsp3) is 0.167. The second kappa shape index (κ2) is 10.0. The lowest BCUT2D eigenvalue weighted by atomic mass is 10.0. The summed E-state index contributed by atoms with van der Waals surface area (Å²) in [5, 5.41) is 11.5. The van der Waals surface area contributed by atoms with Crippen LogP contribution in [0.1, 0.15) is 25.8 Å². The minimum Gasteiger partial charge on any atom is -0.341 e. The number of hydrogen-bond acceptors (Lipinski definition) is 3. The fourth-order valence-electron chi connectivity index (χ4n) is 4.77. The molecule has 0 unspecified atom stereocenters. The maximum atomic E-state index is 12.7. The van der Waals surface area contributed by atoms with Gasteiger partial charge < -0.3 is 9.88 Å². The Morgan fingerprint density at radius 3 is 2.36 bits per heavy atom. The predicted octanol–water partition coefficient (Wildman–Crippen LogP) is 6.03. The number of rotatable bonds is 7. The van der Waals surface area contributed by atoms with Crippen LogP contribution in [-0.2, 0) is 22.6 Å². The van der Waals surface area contributed by atoms with Crippen LogP contribution in [0.15, 0.2) is 90.0 Å². The molecular formula is C30H28N4O2. The van der Waals surface area contributed by atoms with Crippen molar-refractivity contribution in [2.24, 2.45) is 5.10 Å². The van der Waals surface area contributed by atoms with Crippen molar-refractivity contribution in [1.29, 1.82) is 0 Å². The topological polar surface area (TPSA) is 75.5 Å². The Balaban J connectivity index is 1.23. The van der Waals surface area contributed by atoms with E-state index in [-0.39, 0.29) is 24.7 Å². The van der Waals surface area contributed by atoms with E-state index in [1.54, 1.807) is 6.92 Å². The van der Waals surface area contributed by atoms with Gasteiger partial charge in [-0.15, -0.1) is 0 Å². The molecule has 36 heavy (non-hydrogen) atoms.